The predicted molar refractivity (Wildman–Crippen MR) is 117 cm³/mol. The number of para-hydroxylation sites is 1. The zero-order chi connectivity index (χ0) is 22.4. The first-order valence-corrected chi connectivity index (χ1v) is 10.0. The lowest BCUT2D eigenvalue weighted by Gasteiger charge is -2.24. The first-order chi connectivity index (χ1) is 15.5. The Balaban J connectivity index is 1.65. The fraction of sp³-hybridized carbons (Fsp3) is 0.0833. The van der Waals surface area contributed by atoms with E-state index >= 15 is 0 Å². The number of ether oxygens (including phenoxy) is 1. The lowest BCUT2D eigenvalue weighted by Crippen LogP contribution is -2.30. The molecule has 0 radical (unpaired) electrons. The van der Waals surface area contributed by atoms with E-state index in [1.807, 2.05) is 0 Å². The Kier molecular flexibility index (Phi) is 4.75. The van der Waals surface area contributed by atoms with Crippen molar-refractivity contribution in [2.75, 3.05) is 12.0 Å². The molecule has 32 heavy (non-hydrogen) atoms. The molecule has 1 aliphatic rings. The highest BCUT2D eigenvalue weighted by molar-refractivity contribution is 6.31. The molecule has 1 atom stereocenters. The number of Topliss-reactive ketones (excluding diaryl/α,β-unsaturated/α-hetero) is 1. The van der Waals surface area contributed by atoms with E-state index in [1.54, 1.807) is 54.6 Å². The number of amides is 1. The van der Waals surface area contributed by atoms with Gasteiger partial charge in [0.25, 0.3) is 5.91 Å². The Morgan fingerprint density at radius 2 is 1.91 bits per heavy atom. The summed E-state index contributed by atoms with van der Waals surface area (Å²) in [5, 5.41) is 11.7. The average molecular weight is 450 g/mol. The van der Waals surface area contributed by atoms with Crippen LogP contribution in [0.3, 0.4) is 0 Å². The van der Waals surface area contributed by atoms with Crippen molar-refractivity contribution in [3.63, 3.8) is 0 Å². The Morgan fingerprint density at radius 1 is 1.12 bits per heavy atom. The monoisotopic (exact) mass is 449 g/mol. The number of halogens is 1. The van der Waals surface area contributed by atoms with E-state index in [-0.39, 0.29) is 11.3 Å². The Hall–Kier alpha value is -3.97. The van der Waals surface area contributed by atoms with E-state index in [0.29, 0.717) is 33.2 Å². The maximum absolute atomic E-state index is 13.5. The Bertz CT molecular complexity index is 1370. The Labute approximate surface area is 187 Å². The Morgan fingerprint density at radius 3 is 2.59 bits per heavy atom. The van der Waals surface area contributed by atoms with Gasteiger partial charge in [0.1, 0.15) is 11.8 Å². The first-order valence-electron chi connectivity index (χ1n) is 9.66. The molecule has 160 valence electrons. The number of hydrogen-bond donors (Lipinski definition) is 1. The zero-order valence-electron chi connectivity index (χ0n) is 16.7. The van der Waals surface area contributed by atoms with E-state index in [2.05, 4.69) is 0 Å². The van der Waals surface area contributed by atoms with Crippen molar-refractivity contribution in [1.29, 1.82) is 0 Å². The van der Waals surface area contributed by atoms with Crippen molar-refractivity contribution in [3.8, 4) is 5.75 Å². The van der Waals surface area contributed by atoms with Gasteiger partial charge in [0, 0.05) is 22.2 Å². The zero-order valence-corrected chi connectivity index (χ0v) is 17.5. The predicted octanol–water partition coefficient (Wildman–Crippen LogP) is 5.47. The summed E-state index contributed by atoms with van der Waals surface area (Å²) >= 11 is 6.12. The topological polar surface area (TPSA) is 93.1 Å². The molecule has 0 aliphatic carbocycles. The summed E-state index contributed by atoms with van der Waals surface area (Å²) in [6, 6.07) is 15.8. The highest BCUT2D eigenvalue weighted by atomic mass is 35.5. The van der Waals surface area contributed by atoms with Gasteiger partial charge in [-0.1, -0.05) is 29.8 Å². The molecule has 3 heterocycles. The van der Waals surface area contributed by atoms with Crippen LogP contribution in [0.25, 0.3) is 11.0 Å². The maximum Gasteiger partial charge on any atom is 0.294 e. The maximum atomic E-state index is 13.5. The van der Waals surface area contributed by atoms with Gasteiger partial charge in [0.2, 0.25) is 5.78 Å². The number of furan rings is 2. The molecule has 0 bridgehead atoms. The van der Waals surface area contributed by atoms with Crippen molar-refractivity contribution in [2.45, 2.75) is 6.04 Å². The highest BCUT2D eigenvalue weighted by Gasteiger charge is 2.46. The minimum absolute atomic E-state index is 0.0682. The number of benzene rings is 2. The largest absolute Gasteiger partial charge is 0.503 e. The molecule has 7 nitrogen and oxygen atoms in total. The van der Waals surface area contributed by atoms with Crippen LogP contribution < -0.4 is 9.64 Å². The second kappa shape index (κ2) is 7.62. The van der Waals surface area contributed by atoms with Crippen LogP contribution in [0.5, 0.6) is 5.75 Å². The van der Waals surface area contributed by atoms with E-state index in [0.717, 1.165) is 0 Å². The van der Waals surface area contributed by atoms with E-state index in [9.17, 15) is 14.7 Å². The standard InChI is InChI=1S/C24H16ClNO6/c1-30-18-12-14(25)10-13-11-17(32-23(13)18)21(27)19-20(16-8-5-9-31-16)26(24(29)22(19)28)15-6-3-2-4-7-15/h2-12,20,28H,1H3. The summed E-state index contributed by atoms with van der Waals surface area (Å²) < 4.78 is 16.6. The van der Waals surface area contributed by atoms with Crippen molar-refractivity contribution < 1.29 is 28.3 Å². The van der Waals surface area contributed by atoms with Crippen LogP contribution in [0.2, 0.25) is 5.02 Å². The molecule has 0 saturated carbocycles. The second-order valence-electron chi connectivity index (χ2n) is 7.16. The molecule has 2 aromatic heterocycles. The van der Waals surface area contributed by atoms with Gasteiger partial charge in [0.05, 0.1) is 18.9 Å². The summed E-state index contributed by atoms with van der Waals surface area (Å²) in [6.07, 6.45) is 1.44. The molecule has 0 fully saturated rings. The minimum atomic E-state index is -0.967. The highest BCUT2D eigenvalue weighted by Crippen LogP contribution is 2.43. The van der Waals surface area contributed by atoms with E-state index in [1.165, 1.54) is 24.3 Å². The number of fused-ring (bicyclic) bond motifs is 1. The first kappa shape index (κ1) is 20.0. The number of nitrogens with zero attached hydrogens (tertiary/aromatic N) is 1. The van der Waals surface area contributed by atoms with Crippen molar-refractivity contribution >= 4 is 39.9 Å². The summed E-state index contributed by atoms with van der Waals surface area (Å²) in [7, 11) is 1.46. The van der Waals surface area contributed by atoms with Crippen LogP contribution in [-0.2, 0) is 4.79 Å². The van der Waals surface area contributed by atoms with Crippen LogP contribution in [0.15, 0.2) is 87.1 Å². The minimum Gasteiger partial charge on any atom is -0.503 e. The molecule has 1 N–H and O–H groups in total. The molecule has 2 aromatic carbocycles. The van der Waals surface area contributed by atoms with Crippen LogP contribution in [0.1, 0.15) is 22.4 Å². The number of rotatable bonds is 5. The molecule has 1 amide bonds. The quantitative estimate of drug-likeness (QED) is 0.406. The number of carbonyl (C=O) groups excluding carboxylic acids is 2. The third-order valence-corrected chi connectivity index (χ3v) is 5.51. The fourth-order valence-electron chi connectivity index (χ4n) is 3.89. The van der Waals surface area contributed by atoms with E-state index in [4.69, 9.17) is 25.2 Å². The number of ketones is 1. The normalized spacial score (nSPS) is 16.2. The SMILES string of the molecule is COc1cc(Cl)cc2cc(C(=O)C3=C(O)C(=O)N(c4ccccc4)C3c3ccco3)oc12. The smallest absolute Gasteiger partial charge is 0.294 e. The van der Waals surface area contributed by atoms with Gasteiger partial charge in [0.15, 0.2) is 22.9 Å². The van der Waals surface area contributed by atoms with Crippen LogP contribution in [0.4, 0.5) is 5.69 Å². The number of aliphatic hydroxyl groups excluding tert-OH is 1. The molecule has 0 spiro atoms. The molecular weight excluding hydrogens is 434 g/mol. The molecule has 5 rings (SSSR count). The number of hydrogen-bond acceptors (Lipinski definition) is 6. The van der Waals surface area contributed by atoms with Gasteiger partial charge < -0.3 is 18.7 Å². The lowest BCUT2D eigenvalue weighted by molar-refractivity contribution is -0.117. The molecule has 4 aromatic rings. The number of methoxy groups -OCH3 is 1. The molecule has 8 heteroatoms. The van der Waals surface area contributed by atoms with Crippen LogP contribution >= 0.6 is 11.6 Å². The second-order valence-corrected chi connectivity index (χ2v) is 7.59. The summed E-state index contributed by atoms with van der Waals surface area (Å²) in [6.45, 7) is 0. The van der Waals surface area contributed by atoms with Gasteiger partial charge in [-0.2, -0.15) is 0 Å². The van der Waals surface area contributed by atoms with Gasteiger partial charge in [-0.15, -0.1) is 0 Å². The van der Waals surface area contributed by atoms with Gasteiger partial charge in [-0.3, -0.25) is 14.5 Å². The van der Waals surface area contributed by atoms with Gasteiger partial charge in [-0.25, -0.2) is 0 Å². The van der Waals surface area contributed by atoms with E-state index < -0.39 is 23.5 Å². The van der Waals surface area contributed by atoms with Crippen molar-refractivity contribution in [2.24, 2.45) is 0 Å². The van der Waals surface area contributed by atoms with Crippen molar-refractivity contribution in [1.82, 2.24) is 0 Å². The molecule has 1 unspecified atom stereocenters. The number of anilines is 1. The lowest BCUT2D eigenvalue weighted by atomic mass is 9.99. The summed E-state index contributed by atoms with van der Waals surface area (Å²) in [4.78, 5) is 27.9. The van der Waals surface area contributed by atoms with Gasteiger partial charge >= 0.3 is 0 Å². The molecular formula is C24H16ClNO6. The average Bonchev–Trinajstić information content (AvgIpc) is 3.52. The molecule has 1 aliphatic heterocycles. The third-order valence-electron chi connectivity index (χ3n) is 5.29. The van der Waals surface area contributed by atoms with Crippen LogP contribution in [0, 0.1) is 0 Å². The third kappa shape index (κ3) is 3.06. The van der Waals surface area contributed by atoms with Gasteiger partial charge in [-0.05, 0) is 36.4 Å². The number of aliphatic hydroxyl groups is 1. The fourth-order valence-corrected chi connectivity index (χ4v) is 4.11. The number of carbonyl (C=O) groups is 2. The molecule has 0 saturated heterocycles. The van der Waals surface area contributed by atoms with Crippen LogP contribution in [-0.4, -0.2) is 23.9 Å². The summed E-state index contributed by atoms with van der Waals surface area (Å²) in [5.74, 6) is -1.40. The summed E-state index contributed by atoms with van der Waals surface area (Å²) in [5.41, 5.74) is 0.698. The van der Waals surface area contributed by atoms with Crippen molar-refractivity contribution in [3.05, 3.63) is 94.8 Å².